The number of ketones is 1. The largest absolute Gasteiger partial charge is 0.316 e. The number of amides is 2. The Kier molecular flexibility index (Phi) is 6.43. The lowest BCUT2D eigenvalue weighted by atomic mass is 9.92. The quantitative estimate of drug-likeness (QED) is 0.496. The number of Topliss-reactive ketones (excluding diaryl/α,β-unsaturated/α-hetero) is 1. The number of rotatable bonds is 6. The third kappa shape index (κ3) is 4.54. The zero-order chi connectivity index (χ0) is 24.8. The molecule has 1 aliphatic rings. The monoisotopic (exact) mass is 520 g/mol. The van der Waals surface area contributed by atoms with Gasteiger partial charge in [0.1, 0.15) is 21.8 Å². The number of nitrogens with zero attached hydrogens (tertiary/aromatic N) is 1. The number of imide groups is 1. The molecule has 2 amide bonds. The SMILES string of the molecule is Cc1ccc2c(c1)C(N)C(=O)N(c1ccc(CC(=O)CS(=O)(=O)c3ccc(Cl)s3)cc1F)C2=O. The molecular weight excluding hydrogens is 503 g/mol. The molecule has 11 heteroatoms. The number of fused-ring (bicyclic) bond motifs is 1. The van der Waals surface area contributed by atoms with E-state index in [-0.39, 0.29) is 31.8 Å². The predicted octanol–water partition coefficient (Wildman–Crippen LogP) is 3.62. The smallest absolute Gasteiger partial charge is 0.265 e. The van der Waals surface area contributed by atoms with Crippen LogP contribution in [0, 0.1) is 12.7 Å². The molecule has 176 valence electrons. The molecule has 0 aliphatic carbocycles. The number of benzene rings is 2. The van der Waals surface area contributed by atoms with Crippen molar-refractivity contribution in [3.05, 3.63) is 80.9 Å². The number of thiophene rings is 1. The Morgan fingerprint density at radius 1 is 1.15 bits per heavy atom. The van der Waals surface area contributed by atoms with Crippen LogP contribution in [0.3, 0.4) is 0 Å². The van der Waals surface area contributed by atoms with Crippen LogP contribution in [0.15, 0.2) is 52.7 Å². The van der Waals surface area contributed by atoms with E-state index in [2.05, 4.69) is 0 Å². The summed E-state index contributed by atoms with van der Waals surface area (Å²) in [5.41, 5.74) is 7.34. The maximum absolute atomic E-state index is 15.0. The Balaban J connectivity index is 1.55. The molecule has 2 aromatic carbocycles. The Morgan fingerprint density at radius 2 is 1.88 bits per heavy atom. The normalized spacial score (nSPS) is 16.0. The van der Waals surface area contributed by atoms with Crippen molar-refractivity contribution in [2.45, 2.75) is 23.6 Å². The lowest BCUT2D eigenvalue weighted by molar-refractivity contribution is -0.119. The molecule has 1 aliphatic heterocycles. The van der Waals surface area contributed by atoms with E-state index in [4.69, 9.17) is 17.3 Å². The molecular formula is C23H18ClFN2O5S2. The molecule has 1 atom stereocenters. The highest BCUT2D eigenvalue weighted by Crippen LogP contribution is 2.32. The topological polar surface area (TPSA) is 115 Å². The van der Waals surface area contributed by atoms with Gasteiger partial charge in [0.2, 0.25) is 0 Å². The Morgan fingerprint density at radius 3 is 2.53 bits per heavy atom. The summed E-state index contributed by atoms with van der Waals surface area (Å²) >= 11 is 6.61. The first-order valence-electron chi connectivity index (χ1n) is 10.0. The summed E-state index contributed by atoms with van der Waals surface area (Å²) < 4.78 is 40.0. The van der Waals surface area contributed by atoms with E-state index in [1.165, 1.54) is 24.3 Å². The van der Waals surface area contributed by atoms with E-state index in [1.54, 1.807) is 25.1 Å². The molecule has 1 unspecified atom stereocenters. The Hall–Kier alpha value is -2.92. The zero-order valence-corrected chi connectivity index (χ0v) is 20.1. The number of carbonyl (C=O) groups is 3. The van der Waals surface area contributed by atoms with Crippen molar-refractivity contribution in [1.82, 2.24) is 0 Å². The second kappa shape index (κ2) is 9.03. The molecule has 3 aromatic rings. The average molecular weight is 521 g/mol. The fraction of sp³-hybridized carbons (Fsp3) is 0.174. The minimum absolute atomic E-state index is 0.0266. The number of carbonyl (C=O) groups excluding carboxylic acids is 3. The van der Waals surface area contributed by atoms with Gasteiger partial charge in [-0.15, -0.1) is 11.3 Å². The fourth-order valence-corrected chi connectivity index (χ4v) is 6.53. The Bertz CT molecular complexity index is 1450. The molecule has 0 spiro atoms. The molecule has 0 fully saturated rings. The van der Waals surface area contributed by atoms with Crippen molar-refractivity contribution >= 4 is 56.1 Å². The Labute approximate surface area is 203 Å². The average Bonchev–Trinajstić information content (AvgIpc) is 3.20. The van der Waals surface area contributed by atoms with Gasteiger partial charge in [-0.25, -0.2) is 17.7 Å². The van der Waals surface area contributed by atoms with Gasteiger partial charge >= 0.3 is 0 Å². The van der Waals surface area contributed by atoms with E-state index in [0.717, 1.165) is 23.0 Å². The van der Waals surface area contributed by atoms with Crippen LogP contribution in [0.4, 0.5) is 10.1 Å². The third-order valence-corrected chi connectivity index (χ3v) is 8.81. The molecule has 34 heavy (non-hydrogen) atoms. The number of nitrogens with two attached hydrogens (primary N) is 1. The van der Waals surface area contributed by atoms with Crippen LogP contribution >= 0.6 is 22.9 Å². The number of hydrogen-bond acceptors (Lipinski definition) is 7. The minimum Gasteiger partial charge on any atom is -0.316 e. The molecule has 7 nitrogen and oxygen atoms in total. The molecule has 4 rings (SSSR count). The second-order valence-electron chi connectivity index (χ2n) is 7.87. The number of anilines is 1. The van der Waals surface area contributed by atoms with Gasteiger partial charge in [-0.2, -0.15) is 0 Å². The molecule has 1 aromatic heterocycles. The summed E-state index contributed by atoms with van der Waals surface area (Å²) in [5, 5.41) is 0. The third-order valence-electron chi connectivity index (χ3n) is 5.32. The molecule has 2 N–H and O–H groups in total. The summed E-state index contributed by atoms with van der Waals surface area (Å²) in [6, 6.07) is 10.1. The summed E-state index contributed by atoms with van der Waals surface area (Å²) in [6.07, 6.45) is -0.348. The van der Waals surface area contributed by atoms with Crippen LogP contribution in [0.2, 0.25) is 4.34 Å². The minimum atomic E-state index is -3.87. The number of aryl methyl sites for hydroxylation is 1. The van der Waals surface area contributed by atoms with E-state index in [0.29, 0.717) is 10.5 Å². The van der Waals surface area contributed by atoms with Crippen LogP contribution in [0.5, 0.6) is 0 Å². The predicted molar refractivity (Wildman–Crippen MR) is 126 cm³/mol. The summed E-state index contributed by atoms with van der Waals surface area (Å²) in [6.45, 7) is 1.80. The van der Waals surface area contributed by atoms with Crippen molar-refractivity contribution in [3.63, 3.8) is 0 Å². The maximum Gasteiger partial charge on any atom is 0.265 e. The highest BCUT2D eigenvalue weighted by molar-refractivity contribution is 7.94. The van der Waals surface area contributed by atoms with Gasteiger partial charge in [0.15, 0.2) is 15.6 Å². The van der Waals surface area contributed by atoms with Gasteiger partial charge in [-0.05, 0) is 48.4 Å². The van der Waals surface area contributed by atoms with Gasteiger partial charge < -0.3 is 5.73 Å². The lowest BCUT2D eigenvalue weighted by Crippen LogP contribution is -2.48. The highest BCUT2D eigenvalue weighted by atomic mass is 35.5. The van der Waals surface area contributed by atoms with Gasteiger partial charge in [0.05, 0.1) is 10.0 Å². The van der Waals surface area contributed by atoms with Gasteiger partial charge in [0, 0.05) is 12.0 Å². The highest BCUT2D eigenvalue weighted by Gasteiger charge is 2.39. The molecule has 2 heterocycles. The van der Waals surface area contributed by atoms with Crippen LogP contribution in [0.25, 0.3) is 0 Å². The van der Waals surface area contributed by atoms with E-state index in [1.807, 2.05) is 0 Å². The van der Waals surface area contributed by atoms with Crippen molar-refractivity contribution in [1.29, 1.82) is 0 Å². The lowest BCUT2D eigenvalue weighted by Gasteiger charge is -2.31. The first-order chi connectivity index (χ1) is 16.0. The van der Waals surface area contributed by atoms with Crippen LogP contribution in [-0.2, 0) is 25.8 Å². The van der Waals surface area contributed by atoms with Gasteiger partial charge in [-0.1, -0.05) is 35.4 Å². The molecule has 0 saturated carbocycles. The summed E-state index contributed by atoms with van der Waals surface area (Å²) in [5.74, 6) is -3.80. The van der Waals surface area contributed by atoms with Crippen LogP contribution in [-0.4, -0.2) is 31.8 Å². The number of sulfone groups is 1. The second-order valence-corrected chi connectivity index (χ2v) is 11.8. The van der Waals surface area contributed by atoms with Crippen molar-refractivity contribution in [2.75, 3.05) is 10.7 Å². The molecule has 0 bridgehead atoms. The van der Waals surface area contributed by atoms with Gasteiger partial charge in [-0.3, -0.25) is 14.4 Å². The maximum atomic E-state index is 15.0. The molecule has 0 saturated heterocycles. The van der Waals surface area contributed by atoms with Crippen LogP contribution in [0.1, 0.15) is 33.1 Å². The van der Waals surface area contributed by atoms with Crippen molar-refractivity contribution in [3.8, 4) is 0 Å². The standard InChI is InChI=1S/C23H18ClFN2O5S2/c1-12-2-4-15-16(8-12)21(26)23(30)27(22(15)29)18-5-3-13(10-17(18)25)9-14(28)11-34(31,32)20-7-6-19(24)33-20/h2-8,10,21H,9,11,26H2,1H3. The zero-order valence-electron chi connectivity index (χ0n) is 17.7. The number of hydrogen-bond donors (Lipinski definition) is 1. The van der Waals surface area contributed by atoms with Crippen molar-refractivity contribution < 1.29 is 27.2 Å². The fourth-order valence-electron chi connectivity index (χ4n) is 3.72. The van der Waals surface area contributed by atoms with E-state index < -0.39 is 45.0 Å². The van der Waals surface area contributed by atoms with E-state index in [9.17, 15) is 27.2 Å². The summed E-state index contributed by atoms with van der Waals surface area (Å²) in [7, 11) is -3.87. The van der Waals surface area contributed by atoms with E-state index >= 15 is 0 Å². The first kappa shape index (κ1) is 24.2. The van der Waals surface area contributed by atoms with Crippen LogP contribution < -0.4 is 10.6 Å². The molecule has 0 radical (unpaired) electrons. The first-order valence-corrected chi connectivity index (χ1v) is 12.9. The summed E-state index contributed by atoms with van der Waals surface area (Å²) in [4.78, 5) is 38.8. The van der Waals surface area contributed by atoms with Crippen molar-refractivity contribution in [2.24, 2.45) is 5.73 Å². The number of halogens is 2. The van der Waals surface area contributed by atoms with Gasteiger partial charge in [0.25, 0.3) is 11.8 Å².